The lowest BCUT2D eigenvalue weighted by Crippen LogP contribution is -2.52. The molecule has 1 aliphatic rings. The number of hydrogen-bond acceptors (Lipinski definition) is 2. The third-order valence-electron chi connectivity index (χ3n) is 4.80. The van der Waals surface area contributed by atoms with E-state index in [9.17, 15) is 22.8 Å². The summed E-state index contributed by atoms with van der Waals surface area (Å²) in [6.45, 7) is 7.50. The molecule has 3 amide bonds. The number of nitrogens with one attached hydrogen (secondary N) is 3. The molecule has 29 heavy (non-hydrogen) atoms. The average molecular weight is 403 g/mol. The molecular formula is C21H20F3N3O2. The minimum Gasteiger partial charge on any atom is -0.330 e. The fourth-order valence-electron chi connectivity index (χ4n) is 3.48. The minimum atomic E-state index is -4.62. The Bertz CT molecular complexity index is 985. The maximum absolute atomic E-state index is 13.3. The highest BCUT2D eigenvalue weighted by Gasteiger charge is 2.40. The van der Waals surface area contributed by atoms with Crippen molar-refractivity contribution in [3.8, 4) is 0 Å². The molecule has 1 saturated heterocycles. The highest BCUT2D eigenvalue weighted by molar-refractivity contribution is 5.97. The van der Waals surface area contributed by atoms with Crippen LogP contribution in [0.25, 0.3) is 0 Å². The molecule has 0 saturated carbocycles. The number of carbonyl (C=O) groups is 2. The molecular weight excluding hydrogens is 383 g/mol. The molecule has 0 unspecified atom stereocenters. The number of anilines is 1. The van der Waals surface area contributed by atoms with Crippen molar-refractivity contribution in [1.29, 1.82) is 0 Å². The fourth-order valence-corrected chi connectivity index (χ4v) is 3.48. The molecule has 0 spiro atoms. The Morgan fingerprint density at radius 1 is 1.14 bits per heavy atom. The van der Waals surface area contributed by atoms with E-state index in [1.165, 1.54) is 18.2 Å². The van der Waals surface area contributed by atoms with Crippen LogP contribution in [0.2, 0.25) is 0 Å². The van der Waals surface area contributed by atoms with Gasteiger partial charge in [-0.2, -0.15) is 13.2 Å². The topological polar surface area (TPSA) is 70.2 Å². The van der Waals surface area contributed by atoms with Crippen LogP contribution in [0.4, 0.5) is 23.7 Å². The lowest BCUT2D eigenvalue weighted by molar-refractivity contribution is -0.137. The first kappa shape index (κ1) is 20.4. The molecule has 0 bridgehead atoms. The van der Waals surface area contributed by atoms with E-state index in [4.69, 9.17) is 0 Å². The van der Waals surface area contributed by atoms with E-state index in [1.807, 2.05) is 26.0 Å². The Hall–Kier alpha value is -3.29. The molecule has 1 aliphatic heterocycles. The van der Waals surface area contributed by atoms with Gasteiger partial charge in [0, 0.05) is 5.70 Å². The van der Waals surface area contributed by atoms with Crippen molar-refractivity contribution in [3.05, 3.63) is 77.0 Å². The maximum atomic E-state index is 13.3. The first-order valence-electron chi connectivity index (χ1n) is 8.88. The first-order chi connectivity index (χ1) is 13.6. The van der Waals surface area contributed by atoms with Crippen LogP contribution in [0.1, 0.15) is 28.3 Å². The molecule has 3 N–H and O–H groups in total. The van der Waals surface area contributed by atoms with Crippen molar-refractivity contribution in [2.45, 2.75) is 26.1 Å². The molecule has 1 fully saturated rings. The molecule has 5 nitrogen and oxygen atoms in total. The van der Waals surface area contributed by atoms with E-state index in [-0.39, 0.29) is 11.4 Å². The van der Waals surface area contributed by atoms with E-state index < -0.39 is 35.6 Å². The third kappa shape index (κ3) is 4.26. The molecule has 0 aliphatic carbocycles. The van der Waals surface area contributed by atoms with Gasteiger partial charge in [0.05, 0.1) is 17.3 Å². The van der Waals surface area contributed by atoms with Crippen LogP contribution in [0, 0.1) is 19.8 Å². The smallest absolute Gasteiger partial charge is 0.330 e. The van der Waals surface area contributed by atoms with Crippen LogP contribution in [0.3, 0.4) is 0 Å². The maximum Gasteiger partial charge on any atom is 0.418 e. The van der Waals surface area contributed by atoms with Gasteiger partial charge < -0.3 is 16.0 Å². The lowest BCUT2D eigenvalue weighted by Gasteiger charge is -2.34. The molecule has 2 atom stereocenters. The summed E-state index contributed by atoms with van der Waals surface area (Å²) in [6.07, 6.45) is -4.62. The summed E-state index contributed by atoms with van der Waals surface area (Å²) in [6, 6.07) is 8.97. The van der Waals surface area contributed by atoms with Crippen molar-refractivity contribution in [2.24, 2.45) is 5.92 Å². The van der Waals surface area contributed by atoms with Crippen molar-refractivity contribution < 1.29 is 22.8 Å². The molecule has 3 rings (SSSR count). The number of benzene rings is 2. The first-order valence-corrected chi connectivity index (χ1v) is 8.88. The van der Waals surface area contributed by atoms with Gasteiger partial charge in [0.25, 0.3) is 0 Å². The van der Waals surface area contributed by atoms with Crippen LogP contribution in [0.15, 0.2) is 54.7 Å². The van der Waals surface area contributed by atoms with Crippen molar-refractivity contribution in [1.82, 2.24) is 10.6 Å². The van der Waals surface area contributed by atoms with Gasteiger partial charge in [0.15, 0.2) is 0 Å². The summed E-state index contributed by atoms with van der Waals surface area (Å²) in [7, 11) is 0. The van der Waals surface area contributed by atoms with Gasteiger partial charge >= 0.3 is 12.2 Å². The normalized spacial score (nSPS) is 19.3. The highest BCUT2D eigenvalue weighted by Crippen LogP contribution is 2.36. The third-order valence-corrected chi connectivity index (χ3v) is 4.80. The van der Waals surface area contributed by atoms with Crippen LogP contribution in [-0.4, -0.2) is 11.9 Å². The minimum absolute atomic E-state index is 0.112. The number of carbonyl (C=O) groups excluding carboxylic acids is 2. The largest absolute Gasteiger partial charge is 0.418 e. The van der Waals surface area contributed by atoms with Gasteiger partial charge in [-0.1, -0.05) is 42.5 Å². The van der Waals surface area contributed by atoms with Crippen LogP contribution in [-0.2, 0) is 11.0 Å². The van der Waals surface area contributed by atoms with Crippen LogP contribution >= 0.6 is 0 Å². The van der Waals surface area contributed by atoms with E-state index in [2.05, 4.69) is 22.5 Å². The van der Waals surface area contributed by atoms with Gasteiger partial charge in [-0.15, -0.1) is 0 Å². The summed E-state index contributed by atoms with van der Waals surface area (Å²) in [5.74, 6) is -1.71. The summed E-state index contributed by atoms with van der Waals surface area (Å²) >= 11 is 0. The van der Waals surface area contributed by atoms with E-state index in [1.54, 1.807) is 6.07 Å². The molecule has 0 aromatic heterocycles. The zero-order valence-corrected chi connectivity index (χ0v) is 15.9. The fraction of sp³-hybridized carbons (Fsp3) is 0.238. The van der Waals surface area contributed by atoms with Crippen molar-refractivity contribution >= 4 is 17.6 Å². The summed E-state index contributed by atoms with van der Waals surface area (Å²) in [5, 5.41) is 7.49. The van der Waals surface area contributed by atoms with Gasteiger partial charge in [-0.3, -0.25) is 4.79 Å². The Morgan fingerprint density at radius 3 is 2.48 bits per heavy atom. The van der Waals surface area contributed by atoms with Gasteiger partial charge in [0.1, 0.15) is 5.92 Å². The number of urea groups is 1. The molecule has 152 valence electrons. The standard InChI is InChI=1S/C21H20F3N3O2/c1-11-8-9-14(12(2)10-11)18-17(13(3)25-20(29)27-18)19(28)26-16-7-5-4-6-15(16)21(22,23)24/h4-10,17-18H,3H2,1-2H3,(H,26,28)(H2,25,27,29)/t17-,18+/m0/s1. The van der Waals surface area contributed by atoms with E-state index in [0.717, 1.165) is 17.2 Å². The number of hydrogen-bond donors (Lipinski definition) is 3. The van der Waals surface area contributed by atoms with Gasteiger partial charge in [-0.05, 0) is 37.1 Å². The molecule has 1 heterocycles. The van der Waals surface area contributed by atoms with Crippen LogP contribution < -0.4 is 16.0 Å². The number of alkyl halides is 3. The predicted molar refractivity (Wildman–Crippen MR) is 103 cm³/mol. The predicted octanol–water partition coefficient (Wildman–Crippen LogP) is 4.44. The van der Waals surface area contributed by atoms with E-state index >= 15 is 0 Å². The second-order valence-corrected chi connectivity index (χ2v) is 6.97. The van der Waals surface area contributed by atoms with Crippen molar-refractivity contribution in [3.63, 3.8) is 0 Å². The second-order valence-electron chi connectivity index (χ2n) is 6.97. The average Bonchev–Trinajstić information content (AvgIpc) is 2.60. The number of amides is 3. The lowest BCUT2D eigenvalue weighted by atomic mass is 9.85. The summed E-state index contributed by atoms with van der Waals surface area (Å²) < 4.78 is 39.8. The quantitative estimate of drug-likeness (QED) is 0.709. The van der Waals surface area contributed by atoms with Gasteiger partial charge in [0.2, 0.25) is 5.91 Å². The van der Waals surface area contributed by atoms with Crippen LogP contribution in [0.5, 0.6) is 0 Å². The highest BCUT2D eigenvalue weighted by atomic mass is 19.4. The number of para-hydroxylation sites is 1. The number of aryl methyl sites for hydroxylation is 2. The number of rotatable bonds is 3. The zero-order chi connectivity index (χ0) is 21.3. The molecule has 2 aromatic rings. The monoisotopic (exact) mass is 403 g/mol. The molecule has 2 aromatic carbocycles. The Morgan fingerprint density at radius 2 is 1.83 bits per heavy atom. The SMILES string of the molecule is C=C1NC(=O)N[C@H](c2ccc(C)cc2C)[C@H]1C(=O)Nc1ccccc1C(F)(F)F. The van der Waals surface area contributed by atoms with E-state index in [0.29, 0.717) is 5.56 Å². The number of halogens is 3. The second kappa shape index (κ2) is 7.62. The Balaban J connectivity index is 1.97. The summed E-state index contributed by atoms with van der Waals surface area (Å²) in [4.78, 5) is 25.0. The summed E-state index contributed by atoms with van der Waals surface area (Å²) in [5.41, 5.74) is 1.35. The van der Waals surface area contributed by atoms with Gasteiger partial charge in [-0.25, -0.2) is 4.79 Å². The zero-order valence-electron chi connectivity index (χ0n) is 15.9. The van der Waals surface area contributed by atoms with Crippen molar-refractivity contribution in [2.75, 3.05) is 5.32 Å². The molecule has 0 radical (unpaired) electrons. The Labute approximate surface area is 166 Å². The Kier molecular flexibility index (Phi) is 5.37. The molecule has 8 heteroatoms.